The zero-order valence-corrected chi connectivity index (χ0v) is 16.2. The zero-order chi connectivity index (χ0) is 19.3. The Hall–Kier alpha value is -2.66. The Morgan fingerprint density at radius 2 is 1.93 bits per heavy atom. The molecule has 0 radical (unpaired) electrons. The molecule has 0 saturated heterocycles. The summed E-state index contributed by atoms with van der Waals surface area (Å²) in [5.41, 5.74) is 0.0782. The summed E-state index contributed by atoms with van der Waals surface area (Å²) in [6, 6.07) is 6.85. The summed E-state index contributed by atoms with van der Waals surface area (Å²) in [7, 11) is 0. The van der Waals surface area contributed by atoms with Gasteiger partial charge in [0.15, 0.2) is 0 Å². The fourth-order valence-electron chi connectivity index (χ4n) is 3.15. The van der Waals surface area contributed by atoms with Gasteiger partial charge in [-0.25, -0.2) is 9.36 Å². The molecule has 0 fully saturated rings. The molecule has 0 aliphatic carbocycles. The number of aromatic nitrogens is 3. The molecule has 3 N–H and O–H groups in total. The molecule has 138 valence electrons. The van der Waals surface area contributed by atoms with E-state index in [0.717, 1.165) is 8.14 Å². The molecular weight excluding hydrogens is 465 g/mol. The van der Waals surface area contributed by atoms with Crippen molar-refractivity contribution in [2.45, 2.75) is 19.6 Å². The topological polar surface area (TPSA) is 117 Å². The first-order valence-corrected chi connectivity index (χ1v) is 9.09. The molecule has 2 aromatic heterocycles. The van der Waals surface area contributed by atoms with E-state index in [-0.39, 0.29) is 17.9 Å². The van der Waals surface area contributed by atoms with Gasteiger partial charge >= 0.3 is 5.69 Å². The first kappa shape index (κ1) is 17.7. The van der Waals surface area contributed by atoms with E-state index in [2.05, 4.69) is 32.6 Å². The average molecular weight is 479 g/mol. The van der Waals surface area contributed by atoms with Crippen molar-refractivity contribution in [3.63, 3.8) is 0 Å². The third kappa shape index (κ3) is 2.82. The Balaban J connectivity index is 1.96. The van der Waals surface area contributed by atoms with Gasteiger partial charge in [-0.15, -0.1) is 0 Å². The minimum absolute atomic E-state index is 0.0965. The van der Waals surface area contributed by atoms with Gasteiger partial charge in [0.1, 0.15) is 17.4 Å². The first-order chi connectivity index (χ1) is 12.9. The zero-order valence-electron chi connectivity index (χ0n) is 14.1. The molecule has 0 amide bonds. The van der Waals surface area contributed by atoms with Crippen LogP contribution in [0.1, 0.15) is 28.5 Å². The van der Waals surface area contributed by atoms with E-state index in [1.807, 2.05) is 0 Å². The van der Waals surface area contributed by atoms with Crippen LogP contribution in [0.4, 0.5) is 0 Å². The molecule has 9 heteroatoms. The SMILES string of the molecule is Cc1ncc2c(c1O)C(c1c(O)n(-c3ccc(I)cc3)c(=O)[nH]c1=O)OC2. The number of nitrogens with one attached hydrogen (secondary N) is 1. The van der Waals surface area contributed by atoms with E-state index in [0.29, 0.717) is 22.5 Å². The summed E-state index contributed by atoms with van der Waals surface area (Å²) in [6.07, 6.45) is 0.547. The molecule has 0 saturated carbocycles. The van der Waals surface area contributed by atoms with Gasteiger partial charge in [-0.2, -0.15) is 0 Å². The Morgan fingerprint density at radius 3 is 2.63 bits per heavy atom. The van der Waals surface area contributed by atoms with Gasteiger partial charge in [0.2, 0.25) is 5.88 Å². The number of H-pyrrole nitrogens is 1. The second-order valence-corrected chi connectivity index (χ2v) is 7.38. The number of halogens is 1. The molecule has 0 bridgehead atoms. The number of benzene rings is 1. The highest BCUT2D eigenvalue weighted by atomic mass is 127. The normalized spacial score (nSPS) is 15.7. The lowest BCUT2D eigenvalue weighted by molar-refractivity contribution is 0.0891. The highest BCUT2D eigenvalue weighted by Gasteiger charge is 2.34. The quantitative estimate of drug-likeness (QED) is 0.484. The lowest BCUT2D eigenvalue weighted by atomic mass is 10.00. The number of aromatic hydroxyl groups is 2. The largest absolute Gasteiger partial charge is 0.506 e. The minimum Gasteiger partial charge on any atom is -0.506 e. The van der Waals surface area contributed by atoms with Gasteiger partial charge in [0.05, 0.1) is 18.0 Å². The Bertz CT molecular complexity index is 1170. The van der Waals surface area contributed by atoms with Crippen molar-refractivity contribution < 1.29 is 14.9 Å². The summed E-state index contributed by atoms with van der Waals surface area (Å²) in [5.74, 6) is -0.627. The molecule has 8 nitrogen and oxygen atoms in total. The fraction of sp³-hybridized carbons (Fsp3) is 0.167. The predicted octanol–water partition coefficient (Wildman–Crippen LogP) is 1.86. The molecule has 4 rings (SSSR count). The number of fused-ring (bicyclic) bond motifs is 1. The second kappa shape index (κ2) is 6.50. The van der Waals surface area contributed by atoms with E-state index in [1.165, 1.54) is 0 Å². The maximum atomic E-state index is 12.5. The smallest absolute Gasteiger partial charge is 0.335 e. The van der Waals surface area contributed by atoms with E-state index in [9.17, 15) is 19.8 Å². The molecule has 0 spiro atoms. The number of rotatable bonds is 2. The number of hydrogen-bond donors (Lipinski definition) is 3. The molecular formula is C18H14IN3O5. The van der Waals surface area contributed by atoms with Crippen LogP contribution in [-0.2, 0) is 11.3 Å². The van der Waals surface area contributed by atoms with Crippen molar-refractivity contribution in [2.24, 2.45) is 0 Å². The monoisotopic (exact) mass is 479 g/mol. The van der Waals surface area contributed by atoms with Crippen LogP contribution in [0, 0.1) is 10.5 Å². The molecule has 1 aliphatic rings. The Kier molecular flexibility index (Phi) is 4.27. The van der Waals surface area contributed by atoms with Gasteiger partial charge in [0, 0.05) is 20.9 Å². The molecule has 1 aliphatic heterocycles. The first-order valence-electron chi connectivity index (χ1n) is 8.01. The Labute approximate surface area is 166 Å². The molecule has 3 heterocycles. The van der Waals surface area contributed by atoms with Crippen LogP contribution >= 0.6 is 22.6 Å². The average Bonchev–Trinajstić information content (AvgIpc) is 3.04. The number of aromatic amines is 1. The van der Waals surface area contributed by atoms with E-state index in [1.54, 1.807) is 37.4 Å². The van der Waals surface area contributed by atoms with Gasteiger partial charge in [-0.05, 0) is 53.8 Å². The van der Waals surface area contributed by atoms with Crippen molar-refractivity contribution in [1.29, 1.82) is 0 Å². The van der Waals surface area contributed by atoms with Crippen molar-refractivity contribution in [1.82, 2.24) is 14.5 Å². The van der Waals surface area contributed by atoms with E-state index < -0.39 is 23.2 Å². The van der Waals surface area contributed by atoms with Crippen LogP contribution in [0.25, 0.3) is 5.69 Å². The van der Waals surface area contributed by atoms with E-state index in [4.69, 9.17) is 4.74 Å². The molecule has 27 heavy (non-hydrogen) atoms. The van der Waals surface area contributed by atoms with Gasteiger partial charge in [-0.3, -0.25) is 14.8 Å². The second-order valence-electron chi connectivity index (χ2n) is 6.13. The lowest BCUT2D eigenvalue weighted by Crippen LogP contribution is -2.32. The van der Waals surface area contributed by atoms with E-state index >= 15 is 0 Å². The van der Waals surface area contributed by atoms with Crippen LogP contribution in [0.2, 0.25) is 0 Å². The third-order valence-electron chi connectivity index (χ3n) is 4.49. The molecule has 1 aromatic carbocycles. The maximum absolute atomic E-state index is 12.5. The summed E-state index contributed by atoms with van der Waals surface area (Å²) in [5, 5.41) is 21.2. The predicted molar refractivity (Wildman–Crippen MR) is 104 cm³/mol. The fourth-order valence-corrected chi connectivity index (χ4v) is 3.51. The maximum Gasteiger partial charge on any atom is 0.335 e. The number of pyridine rings is 1. The van der Waals surface area contributed by atoms with Crippen molar-refractivity contribution in [3.05, 3.63) is 77.3 Å². The highest BCUT2D eigenvalue weighted by Crippen LogP contribution is 2.42. The van der Waals surface area contributed by atoms with Crippen LogP contribution in [0.5, 0.6) is 11.6 Å². The third-order valence-corrected chi connectivity index (χ3v) is 5.21. The number of nitrogens with zero attached hydrogens (tertiary/aromatic N) is 2. The molecule has 3 aromatic rings. The van der Waals surface area contributed by atoms with Gasteiger partial charge in [-0.1, -0.05) is 0 Å². The summed E-state index contributed by atoms with van der Waals surface area (Å²) >= 11 is 2.12. The molecule has 1 atom stereocenters. The number of hydrogen-bond acceptors (Lipinski definition) is 6. The summed E-state index contributed by atoms with van der Waals surface area (Å²) < 4.78 is 7.61. The number of ether oxygens (including phenoxy) is 1. The van der Waals surface area contributed by atoms with Crippen LogP contribution in [-0.4, -0.2) is 24.7 Å². The Morgan fingerprint density at radius 1 is 1.22 bits per heavy atom. The van der Waals surface area contributed by atoms with Crippen LogP contribution in [0.15, 0.2) is 40.1 Å². The highest BCUT2D eigenvalue weighted by molar-refractivity contribution is 14.1. The van der Waals surface area contributed by atoms with Crippen LogP contribution in [0.3, 0.4) is 0 Å². The lowest BCUT2D eigenvalue weighted by Gasteiger charge is -2.17. The van der Waals surface area contributed by atoms with Crippen molar-refractivity contribution in [3.8, 4) is 17.3 Å². The summed E-state index contributed by atoms with van der Waals surface area (Å²) in [4.78, 5) is 31.1. The van der Waals surface area contributed by atoms with Crippen molar-refractivity contribution >= 4 is 22.6 Å². The summed E-state index contributed by atoms with van der Waals surface area (Å²) in [6.45, 7) is 1.75. The van der Waals surface area contributed by atoms with Crippen molar-refractivity contribution in [2.75, 3.05) is 0 Å². The minimum atomic E-state index is -1.01. The van der Waals surface area contributed by atoms with Crippen LogP contribution < -0.4 is 11.2 Å². The van der Waals surface area contributed by atoms with Gasteiger partial charge < -0.3 is 14.9 Å². The number of aryl methyl sites for hydroxylation is 1. The standard InChI is InChI=1S/C18H14IN3O5/c1-8-14(23)12-9(6-20-8)7-27-15(12)13-16(24)21-18(26)22(17(13)25)11-4-2-10(19)3-5-11/h2-6,15,23,25H,7H2,1H3,(H,21,24,26). The van der Waals surface area contributed by atoms with Gasteiger partial charge in [0.25, 0.3) is 5.56 Å². The molecule has 1 unspecified atom stereocenters.